The van der Waals surface area contributed by atoms with Gasteiger partial charge in [-0.3, -0.25) is 0 Å². The third-order valence-electron chi connectivity index (χ3n) is 5.26. The van der Waals surface area contributed by atoms with Crippen LogP contribution >= 0.6 is 11.6 Å². The van der Waals surface area contributed by atoms with Crippen molar-refractivity contribution < 1.29 is 9.47 Å². The van der Waals surface area contributed by atoms with Crippen LogP contribution in [0.1, 0.15) is 35.4 Å². The van der Waals surface area contributed by atoms with E-state index >= 15 is 0 Å². The smallest absolute Gasteiger partial charge is 0.214 e. The van der Waals surface area contributed by atoms with E-state index in [4.69, 9.17) is 26.2 Å². The van der Waals surface area contributed by atoms with Crippen LogP contribution in [0, 0.1) is 0 Å². The summed E-state index contributed by atoms with van der Waals surface area (Å²) in [5, 5.41) is 7.76. The topological polar surface area (TPSA) is 34.1 Å². The Morgan fingerprint density at radius 3 is 2.68 bits per heavy atom. The zero-order valence-corrected chi connectivity index (χ0v) is 16.1. The second-order valence-corrected chi connectivity index (χ2v) is 7.37. The molecule has 0 amide bonds. The first kappa shape index (κ1) is 17.1. The number of halogens is 1. The third-order valence-corrected chi connectivity index (χ3v) is 5.51. The summed E-state index contributed by atoms with van der Waals surface area (Å²) in [7, 11) is 1.67. The van der Waals surface area contributed by atoms with E-state index in [-0.39, 0.29) is 12.3 Å². The van der Waals surface area contributed by atoms with E-state index in [1.54, 1.807) is 7.11 Å². The molecule has 5 heteroatoms. The molecule has 0 saturated carbocycles. The van der Waals surface area contributed by atoms with E-state index in [0.717, 1.165) is 45.3 Å². The van der Waals surface area contributed by atoms with Crippen LogP contribution in [0.3, 0.4) is 0 Å². The number of nitrogens with zero attached hydrogens (tertiary/aromatic N) is 2. The lowest BCUT2D eigenvalue weighted by atomic mass is 9.96. The first-order valence-corrected chi connectivity index (χ1v) is 9.62. The minimum Gasteiger partial charge on any atom is -0.497 e. The molecule has 3 aromatic carbocycles. The Hall–Kier alpha value is -2.98. The maximum atomic E-state index is 6.38. The number of fused-ring (bicyclic) bond motifs is 3. The van der Waals surface area contributed by atoms with Crippen molar-refractivity contribution in [3.63, 3.8) is 0 Å². The molecule has 0 aliphatic carbocycles. The fraction of sp³-hybridized carbons (Fsp3) is 0.174. The molecule has 0 radical (unpaired) electrons. The SMILES string of the molecule is COc1cccc([C@@H]2Oc3ccccc3[C@H]3CC(c4ccc(Cl)cc4)=NN32)c1. The molecule has 28 heavy (non-hydrogen) atoms. The molecule has 0 aromatic heterocycles. The van der Waals surface area contributed by atoms with Gasteiger partial charge in [0, 0.05) is 22.6 Å². The third kappa shape index (κ3) is 2.90. The normalized spacial score (nSPS) is 20.1. The van der Waals surface area contributed by atoms with Gasteiger partial charge in [-0.05, 0) is 35.9 Å². The van der Waals surface area contributed by atoms with E-state index in [9.17, 15) is 0 Å². The highest BCUT2D eigenvalue weighted by Crippen LogP contribution is 2.47. The van der Waals surface area contributed by atoms with Gasteiger partial charge >= 0.3 is 0 Å². The van der Waals surface area contributed by atoms with E-state index < -0.39 is 0 Å². The van der Waals surface area contributed by atoms with Gasteiger partial charge in [0.2, 0.25) is 6.23 Å². The van der Waals surface area contributed by atoms with E-state index in [1.807, 2.05) is 66.7 Å². The lowest BCUT2D eigenvalue weighted by molar-refractivity contribution is -0.0191. The average molecular weight is 391 g/mol. The molecule has 2 heterocycles. The van der Waals surface area contributed by atoms with Crippen LogP contribution in [-0.4, -0.2) is 17.8 Å². The monoisotopic (exact) mass is 390 g/mol. The highest BCUT2D eigenvalue weighted by molar-refractivity contribution is 6.30. The van der Waals surface area contributed by atoms with Crippen molar-refractivity contribution >= 4 is 17.3 Å². The molecule has 3 aromatic rings. The van der Waals surface area contributed by atoms with Crippen molar-refractivity contribution in [1.82, 2.24) is 5.01 Å². The van der Waals surface area contributed by atoms with E-state index in [2.05, 4.69) is 11.1 Å². The van der Waals surface area contributed by atoms with Crippen LogP contribution in [0.25, 0.3) is 0 Å². The zero-order chi connectivity index (χ0) is 19.1. The summed E-state index contributed by atoms with van der Waals surface area (Å²) < 4.78 is 11.8. The van der Waals surface area contributed by atoms with Crippen LogP contribution in [0.4, 0.5) is 0 Å². The van der Waals surface area contributed by atoms with Gasteiger partial charge in [0.25, 0.3) is 0 Å². The molecule has 0 bridgehead atoms. The fourth-order valence-corrected chi connectivity index (χ4v) is 3.99. The van der Waals surface area contributed by atoms with Crippen molar-refractivity contribution in [1.29, 1.82) is 0 Å². The summed E-state index contributed by atoms with van der Waals surface area (Å²) in [5.41, 5.74) is 4.30. The molecule has 2 aliphatic rings. The Balaban J connectivity index is 1.59. The molecule has 140 valence electrons. The van der Waals surface area contributed by atoms with Gasteiger partial charge in [-0.2, -0.15) is 5.10 Å². The van der Waals surface area contributed by atoms with Gasteiger partial charge in [0.1, 0.15) is 11.5 Å². The lowest BCUT2D eigenvalue weighted by Gasteiger charge is -2.38. The van der Waals surface area contributed by atoms with E-state index in [0.29, 0.717) is 0 Å². The summed E-state index contributed by atoms with van der Waals surface area (Å²) in [6.07, 6.45) is 0.516. The van der Waals surface area contributed by atoms with Gasteiger partial charge in [-0.1, -0.05) is 54.1 Å². The predicted octanol–water partition coefficient (Wildman–Crippen LogP) is 5.59. The van der Waals surface area contributed by atoms with E-state index in [1.165, 1.54) is 0 Å². The van der Waals surface area contributed by atoms with Crippen LogP contribution in [-0.2, 0) is 0 Å². The van der Waals surface area contributed by atoms with Crippen molar-refractivity contribution in [3.05, 3.63) is 94.5 Å². The molecule has 4 nitrogen and oxygen atoms in total. The summed E-state index contributed by atoms with van der Waals surface area (Å²) in [5.74, 6) is 1.71. The standard InChI is InChI=1S/C23H19ClN2O2/c1-27-18-6-4-5-16(13-18)23-26-21(19-7-2-3-8-22(19)28-23)14-20(25-26)15-9-11-17(24)12-10-15/h2-13,21,23H,14H2,1H3/t21-,23+/m1/s1. The maximum Gasteiger partial charge on any atom is 0.214 e. The van der Waals surface area contributed by atoms with Gasteiger partial charge in [-0.25, -0.2) is 5.01 Å². The Morgan fingerprint density at radius 1 is 1.04 bits per heavy atom. The Kier molecular flexibility index (Phi) is 4.21. The number of para-hydroxylation sites is 1. The minimum absolute atomic E-state index is 0.131. The molecule has 2 aliphatic heterocycles. The highest BCUT2D eigenvalue weighted by Gasteiger charge is 2.40. The number of methoxy groups -OCH3 is 1. The van der Waals surface area contributed by atoms with Gasteiger partial charge in [-0.15, -0.1) is 0 Å². The summed E-state index contributed by atoms with van der Waals surface area (Å²) in [4.78, 5) is 0. The predicted molar refractivity (Wildman–Crippen MR) is 110 cm³/mol. The Bertz CT molecular complexity index is 1050. The van der Waals surface area contributed by atoms with Crippen LogP contribution in [0.2, 0.25) is 5.02 Å². The first-order chi connectivity index (χ1) is 13.7. The average Bonchev–Trinajstić information content (AvgIpc) is 3.19. The summed E-state index contributed by atoms with van der Waals surface area (Å²) >= 11 is 6.06. The Morgan fingerprint density at radius 2 is 1.86 bits per heavy atom. The molecule has 0 saturated heterocycles. The van der Waals surface area contributed by atoms with Crippen molar-refractivity contribution in [3.8, 4) is 11.5 Å². The lowest BCUT2D eigenvalue weighted by Crippen LogP contribution is -2.33. The minimum atomic E-state index is -0.306. The molecular weight excluding hydrogens is 372 g/mol. The second kappa shape index (κ2) is 6.88. The molecule has 0 spiro atoms. The highest BCUT2D eigenvalue weighted by atomic mass is 35.5. The number of hydrogen-bond donors (Lipinski definition) is 0. The molecule has 5 rings (SSSR count). The largest absolute Gasteiger partial charge is 0.497 e. The molecule has 0 N–H and O–H groups in total. The summed E-state index contributed by atoms with van der Waals surface area (Å²) in [6.45, 7) is 0. The molecule has 0 fully saturated rings. The number of benzene rings is 3. The van der Waals surface area contributed by atoms with Crippen LogP contribution in [0.5, 0.6) is 11.5 Å². The van der Waals surface area contributed by atoms with Crippen LogP contribution in [0.15, 0.2) is 77.9 Å². The number of hydrazone groups is 1. The van der Waals surface area contributed by atoms with Crippen molar-refractivity contribution in [2.24, 2.45) is 5.10 Å². The number of ether oxygens (including phenoxy) is 2. The first-order valence-electron chi connectivity index (χ1n) is 9.24. The molecular formula is C23H19ClN2O2. The van der Waals surface area contributed by atoms with Gasteiger partial charge < -0.3 is 9.47 Å². The van der Waals surface area contributed by atoms with Crippen molar-refractivity contribution in [2.75, 3.05) is 7.11 Å². The maximum absolute atomic E-state index is 6.38. The van der Waals surface area contributed by atoms with Crippen molar-refractivity contribution in [2.45, 2.75) is 18.7 Å². The van der Waals surface area contributed by atoms with Gasteiger partial charge in [0.15, 0.2) is 0 Å². The summed E-state index contributed by atoms with van der Waals surface area (Å²) in [6, 6.07) is 24.2. The van der Waals surface area contributed by atoms with Crippen LogP contribution < -0.4 is 9.47 Å². The zero-order valence-electron chi connectivity index (χ0n) is 15.4. The quantitative estimate of drug-likeness (QED) is 0.584. The molecule has 0 unspecified atom stereocenters. The second-order valence-electron chi connectivity index (χ2n) is 6.94. The fourth-order valence-electron chi connectivity index (χ4n) is 3.87. The van der Waals surface area contributed by atoms with Gasteiger partial charge in [0.05, 0.1) is 18.9 Å². The Labute approximate surface area is 169 Å². The number of hydrogen-bond acceptors (Lipinski definition) is 4. The molecule has 2 atom stereocenters. The number of rotatable bonds is 3.